The molecule has 0 saturated carbocycles. The summed E-state index contributed by atoms with van der Waals surface area (Å²) in [5, 5.41) is 4.53. The van der Waals surface area contributed by atoms with Crippen LogP contribution in [0.4, 0.5) is 23.7 Å². The van der Waals surface area contributed by atoms with Gasteiger partial charge in [0.05, 0.1) is 17.7 Å². The summed E-state index contributed by atoms with van der Waals surface area (Å²) in [6.07, 6.45) is -1.38. The van der Waals surface area contributed by atoms with Gasteiger partial charge in [-0.05, 0) is 35.4 Å². The second-order valence-corrected chi connectivity index (χ2v) is 6.57. The molecule has 1 heterocycles. The molecule has 10 heteroatoms. The molecule has 3 aromatic rings. The van der Waals surface area contributed by atoms with Crippen LogP contribution in [-0.2, 0) is 12.7 Å². The molecule has 0 saturated heterocycles. The highest BCUT2D eigenvalue weighted by Gasteiger charge is 2.33. The lowest BCUT2D eigenvalue weighted by Gasteiger charge is -2.12. The molecule has 2 N–H and O–H groups in total. The van der Waals surface area contributed by atoms with Crippen molar-refractivity contribution in [2.24, 2.45) is 0 Å². The van der Waals surface area contributed by atoms with E-state index < -0.39 is 22.8 Å². The Morgan fingerprint density at radius 3 is 2.50 bits per heavy atom. The average molecular weight is 437 g/mol. The van der Waals surface area contributed by atoms with E-state index in [4.69, 9.17) is 16.3 Å². The third kappa shape index (κ3) is 5.38. The summed E-state index contributed by atoms with van der Waals surface area (Å²) in [7, 11) is 1.47. The largest absolute Gasteiger partial charge is 0.467 e. The van der Waals surface area contributed by atoms with Crippen molar-refractivity contribution in [3.05, 3.63) is 71.0 Å². The highest BCUT2D eigenvalue weighted by Crippen LogP contribution is 2.36. The van der Waals surface area contributed by atoms with Crippen LogP contribution in [-0.4, -0.2) is 23.1 Å². The number of amides is 2. The van der Waals surface area contributed by atoms with Gasteiger partial charge >= 0.3 is 18.2 Å². The fourth-order valence-electron chi connectivity index (χ4n) is 2.61. The molecule has 0 fully saturated rings. The summed E-state index contributed by atoms with van der Waals surface area (Å²) in [4.78, 5) is 20.2. The zero-order valence-electron chi connectivity index (χ0n) is 15.6. The maximum Gasteiger partial charge on any atom is 0.417 e. The highest BCUT2D eigenvalue weighted by molar-refractivity contribution is 6.31. The number of urea groups is 1. The minimum absolute atomic E-state index is 0.0200. The zero-order valence-corrected chi connectivity index (χ0v) is 16.4. The summed E-state index contributed by atoms with van der Waals surface area (Å²) < 4.78 is 43.7. The molecular formula is C20H16ClF3N4O2. The first-order valence-corrected chi connectivity index (χ1v) is 9.01. The minimum Gasteiger partial charge on any atom is -0.467 e. The molecule has 0 aliphatic carbocycles. The molecular weight excluding hydrogens is 421 g/mol. The van der Waals surface area contributed by atoms with Crippen LogP contribution in [0.2, 0.25) is 5.02 Å². The van der Waals surface area contributed by atoms with Gasteiger partial charge in [0.1, 0.15) is 0 Å². The number of aromatic nitrogens is 2. The van der Waals surface area contributed by atoms with Crippen LogP contribution in [0.5, 0.6) is 6.01 Å². The van der Waals surface area contributed by atoms with Crippen LogP contribution >= 0.6 is 11.6 Å². The fraction of sp³-hybridized carbons (Fsp3) is 0.150. The number of benzene rings is 2. The number of carbonyl (C=O) groups excluding carboxylic acids is 1. The van der Waals surface area contributed by atoms with E-state index in [-0.39, 0.29) is 18.2 Å². The number of nitrogens with one attached hydrogen (secondary N) is 2. The Hall–Kier alpha value is -3.33. The van der Waals surface area contributed by atoms with Crippen molar-refractivity contribution < 1.29 is 22.7 Å². The molecule has 0 aliphatic rings. The van der Waals surface area contributed by atoms with Crippen LogP contribution in [0.1, 0.15) is 11.1 Å². The number of rotatable bonds is 5. The molecule has 6 nitrogen and oxygen atoms in total. The Morgan fingerprint density at radius 1 is 1.10 bits per heavy atom. The number of anilines is 1. The Labute approximate surface area is 175 Å². The Morgan fingerprint density at radius 2 is 1.83 bits per heavy atom. The first kappa shape index (κ1) is 21.4. The molecule has 30 heavy (non-hydrogen) atoms. The van der Waals surface area contributed by atoms with Gasteiger partial charge < -0.3 is 15.4 Å². The van der Waals surface area contributed by atoms with E-state index >= 15 is 0 Å². The number of halogens is 4. The molecule has 1 aromatic heterocycles. The topological polar surface area (TPSA) is 76.1 Å². The molecule has 0 atom stereocenters. The second kappa shape index (κ2) is 9.00. The highest BCUT2D eigenvalue weighted by atomic mass is 35.5. The van der Waals surface area contributed by atoms with Gasteiger partial charge in [-0.2, -0.15) is 13.2 Å². The Bertz CT molecular complexity index is 1040. The number of alkyl halides is 3. The summed E-state index contributed by atoms with van der Waals surface area (Å²) in [6.45, 7) is 0.163. The number of ether oxygens (including phenoxy) is 1. The predicted molar refractivity (Wildman–Crippen MR) is 106 cm³/mol. The van der Waals surface area contributed by atoms with Crippen LogP contribution in [0.3, 0.4) is 0 Å². The number of nitrogens with zero attached hydrogens (tertiary/aromatic N) is 2. The molecule has 0 unspecified atom stereocenters. The van der Waals surface area contributed by atoms with Gasteiger partial charge in [0.25, 0.3) is 0 Å². The minimum atomic E-state index is -4.61. The molecule has 0 spiro atoms. The first-order chi connectivity index (χ1) is 14.3. The lowest BCUT2D eigenvalue weighted by atomic mass is 10.1. The summed E-state index contributed by atoms with van der Waals surface area (Å²) in [5.41, 5.74) is 1.35. The summed E-state index contributed by atoms with van der Waals surface area (Å²) in [6, 6.07) is 10.1. The third-order valence-electron chi connectivity index (χ3n) is 4.05. The average Bonchev–Trinajstić information content (AvgIpc) is 2.73. The normalized spacial score (nSPS) is 11.1. The van der Waals surface area contributed by atoms with E-state index in [1.165, 1.54) is 13.2 Å². The molecule has 2 aromatic carbocycles. The van der Waals surface area contributed by atoms with Crippen molar-refractivity contribution in [3.8, 4) is 17.1 Å². The summed E-state index contributed by atoms with van der Waals surface area (Å²) in [5.74, 6) is 0. The van der Waals surface area contributed by atoms with E-state index in [9.17, 15) is 18.0 Å². The predicted octanol–water partition coefficient (Wildman–Crippen LogP) is 5.15. The van der Waals surface area contributed by atoms with Gasteiger partial charge in [-0.15, -0.1) is 0 Å². The van der Waals surface area contributed by atoms with Crippen molar-refractivity contribution in [3.63, 3.8) is 0 Å². The van der Waals surface area contributed by atoms with Crippen LogP contribution in [0.25, 0.3) is 11.1 Å². The number of carbonyl (C=O) groups is 1. The van der Waals surface area contributed by atoms with Crippen LogP contribution in [0.15, 0.2) is 54.9 Å². The fourth-order valence-corrected chi connectivity index (χ4v) is 2.83. The van der Waals surface area contributed by atoms with Crippen molar-refractivity contribution in [2.75, 3.05) is 12.4 Å². The van der Waals surface area contributed by atoms with Crippen molar-refractivity contribution in [1.29, 1.82) is 0 Å². The third-order valence-corrected chi connectivity index (χ3v) is 4.38. The van der Waals surface area contributed by atoms with Gasteiger partial charge in [0.2, 0.25) is 0 Å². The van der Waals surface area contributed by atoms with Gasteiger partial charge in [-0.3, -0.25) is 0 Å². The zero-order chi connectivity index (χ0) is 21.7. The quantitative estimate of drug-likeness (QED) is 0.580. The van der Waals surface area contributed by atoms with Crippen molar-refractivity contribution in [2.45, 2.75) is 12.7 Å². The van der Waals surface area contributed by atoms with Gasteiger partial charge in [-0.25, -0.2) is 14.8 Å². The summed E-state index contributed by atoms with van der Waals surface area (Å²) >= 11 is 5.58. The van der Waals surface area contributed by atoms with Gasteiger partial charge in [0.15, 0.2) is 0 Å². The standard InChI is InChI=1S/C20H16ClF3N4O2/c1-30-19-26-10-14(11-27-19)13-4-2-3-12(7-13)9-25-18(29)28-15-5-6-17(21)16(8-15)20(22,23)24/h2-8,10-11H,9H2,1H3,(H2,25,28,29). The van der Waals surface area contributed by atoms with Gasteiger partial charge in [-0.1, -0.05) is 29.8 Å². The number of hydrogen-bond acceptors (Lipinski definition) is 4. The monoisotopic (exact) mass is 436 g/mol. The lowest BCUT2D eigenvalue weighted by molar-refractivity contribution is -0.137. The molecule has 0 bridgehead atoms. The van der Waals surface area contributed by atoms with Crippen LogP contribution in [0, 0.1) is 0 Å². The van der Waals surface area contributed by atoms with E-state index in [0.29, 0.717) is 0 Å². The van der Waals surface area contributed by atoms with E-state index in [2.05, 4.69) is 20.6 Å². The lowest BCUT2D eigenvalue weighted by Crippen LogP contribution is -2.28. The van der Waals surface area contributed by atoms with E-state index in [1.54, 1.807) is 18.5 Å². The SMILES string of the molecule is COc1ncc(-c2cccc(CNC(=O)Nc3ccc(Cl)c(C(F)(F)F)c3)c2)cn1. The van der Waals surface area contributed by atoms with Crippen LogP contribution < -0.4 is 15.4 Å². The number of methoxy groups -OCH3 is 1. The maximum absolute atomic E-state index is 12.9. The molecule has 2 amide bonds. The van der Waals surface area contributed by atoms with Crippen molar-refractivity contribution in [1.82, 2.24) is 15.3 Å². The number of hydrogen-bond donors (Lipinski definition) is 2. The second-order valence-electron chi connectivity index (χ2n) is 6.16. The molecule has 156 valence electrons. The van der Waals surface area contributed by atoms with E-state index in [0.717, 1.165) is 28.8 Å². The van der Waals surface area contributed by atoms with Gasteiger partial charge in [0, 0.05) is 30.2 Å². The molecule has 0 radical (unpaired) electrons. The Kier molecular flexibility index (Phi) is 6.41. The smallest absolute Gasteiger partial charge is 0.417 e. The molecule has 3 rings (SSSR count). The first-order valence-electron chi connectivity index (χ1n) is 8.63. The Balaban J connectivity index is 1.64. The maximum atomic E-state index is 12.9. The molecule has 0 aliphatic heterocycles. The van der Waals surface area contributed by atoms with E-state index in [1.807, 2.05) is 18.2 Å². The van der Waals surface area contributed by atoms with Crippen molar-refractivity contribution >= 4 is 23.3 Å².